The first-order valence-corrected chi connectivity index (χ1v) is 5.99. The van der Waals surface area contributed by atoms with E-state index >= 15 is 0 Å². The lowest BCUT2D eigenvalue weighted by molar-refractivity contribution is 0.281. The molecular weight excluding hydrogens is 184 g/mol. The van der Waals surface area contributed by atoms with E-state index in [1.165, 1.54) is 31.2 Å². The Morgan fingerprint density at radius 2 is 1.93 bits per heavy atom. The Kier molecular flexibility index (Phi) is 3.42. The highest BCUT2D eigenvalue weighted by atomic mass is 16.3. The van der Waals surface area contributed by atoms with E-state index in [0.717, 1.165) is 17.4 Å². The fourth-order valence-electron chi connectivity index (χ4n) is 2.54. The van der Waals surface area contributed by atoms with Crippen LogP contribution in [0.1, 0.15) is 49.7 Å². The van der Waals surface area contributed by atoms with Crippen molar-refractivity contribution in [3.05, 3.63) is 35.4 Å². The van der Waals surface area contributed by atoms with Crippen LogP contribution in [0.2, 0.25) is 0 Å². The Balaban J connectivity index is 2.08. The summed E-state index contributed by atoms with van der Waals surface area (Å²) in [4.78, 5) is 0. The third kappa shape index (κ3) is 2.60. The van der Waals surface area contributed by atoms with Gasteiger partial charge in [0.1, 0.15) is 0 Å². The summed E-state index contributed by atoms with van der Waals surface area (Å²) in [5.74, 6) is 1.63. The quantitative estimate of drug-likeness (QED) is 0.782. The van der Waals surface area contributed by atoms with Crippen molar-refractivity contribution in [1.29, 1.82) is 0 Å². The number of hydrogen-bond donors (Lipinski definition) is 1. The summed E-state index contributed by atoms with van der Waals surface area (Å²) in [5.41, 5.74) is 2.47. The molecular formula is C14H20O. The van der Waals surface area contributed by atoms with E-state index in [1.54, 1.807) is 0 Å². The molecule has 0 radical (unpaired) electrons. The van der Waals surface area contributed by atoms with Crippen molar-refractivity contribution in [3.8, 4) is 0 Å². The zero-order valence-electron chi connectivity index (χ0n) is 9.45. The van der Waals surface area contributed by atoms with Gasteiger partial charge in [0.15, 0.2) is 0 Å². The van der Waals surface area contributed by atoms with Crippen LogP contribution in [0.4, 0.5) is 0 Å². The Morgan fingerprint density at radius 3 is 2.60 bits per heavy atom. The van der Waals surface area contributed by atoms with Gasteiger partial charge in [-0.05, 0) is 35.8 Å². The van der Waals surface area contributed by atoms with Crippen molar-refractivity contribution in [1.82, 2.24) is 0 Å². The van der Waals surface area contributed by atoms with Gasteiger partial charge in [0, 0.05) is 0 Å². The molecule has 2 rings (SSSR count). The van der Waals surface area contributed by atoms with Crippen LogP contribution in [0, 0.1) is 5.92 Å². The second kappa shape index (κ2) is 4.80. The van der Waals surface area contributed by atoms with Crippen molar-refractivity contribution in [2.75, 3.05) is 0 Å². The van der Waals surface area contributed by atoms with E-state index in [2.05, 4.69) is 25.1 Å². The number of aliphatic hydroxyl groups is 1. The van der Waals surface area contributed by atoms with E-state index < -0.39 is 0 Å². The molecule has 0 aliphatic heterocycles. The van der Waals surface area contributed by atoms with Gasteiger partial charge in [-0.3, -0.25) is 0 Å². The second-order valence-corrected chi connectivity index (χ2v) is 4.86. The Labute approximate surface area is 92.1 Å². The number of hydrogen-bond acceptors (Lipinski definition) is 1. The van der Waals surface area contributed by atoms with E-state index in [-0.39, 0.29) is 6.61 Å². The maximum absolute atomic E-state index is 9.10. The predicted molar refractivity (Wildman–Crippen MR) is 62.7 cm³/mol. The molecule has 0 spiro atoms. The van der Waals surface area contributed by atoms with Gasteiger partial charge in [-0.1, -0.05) is 44.0 Å². The Morgan fingerprint density at radius 1 is 1.20 bits per heavy atom. The van der Waals surface area contributed by atoms with Gasteiger partial charge in [-0.15, -0.1) is 0 Å². The summed E-state index contributed by atoms with van der Waals surface area (Å²) in [7, 11) is 0. The predicted octanol–water partition coefficient (Wildman–Crippen LogP) is 3.47. The molecule has 1 fully saturated rings. The molecule has 1 heteroatoms. The molecule has 0 bridgehead atoms. The Bertz CT molecular complexity index is 311. The van der Waals surface area contributed by atoms with Crippen LogP contribution in [0.5, 0.6) is 0 Å². The molecule has 82 valence electrons. The molecule has 1 nitrogen and oxygen atoms in total. The number of rotatable bonds is 2. The van der Waals surface area contributed by atoms with Crippen LogP contribution in [-0.2, 0) is 6.61 Å². The number of aliphatic hydroxyl groups excluding tert-OH is 1. The van der Waals surface area contributed by atoms with Gasteiger partial charge in [0.05, 0.1) is 6.61 Å². The highest BCUT2D eigenvalue weighted by molar-refractivity contribution is 5.26. The van der Waals surface area contributed by atoms with Gasteiger partial charge >= 0.3 is 0 Å². The van der Waals surface area contributed by atoms with Crippen molar-refractivity contribution in [2.24, 2.45) is 5.92 Å². The second-order valence-electron chi connectivity index (χ2n) is 4.86. The lowest BCUT2D eigenvalue weighted by Gasteiger charge is -2.26. The summed E-state index contributed by atoms with van der Waals surface area (Å²) in [6.45, 7) is 2.51. The maximum atomic E-state index is 9.10. The molecule has 15 heavy (non-hydrogen) atoms. The molecule has 1 aliphatic rings. The van der Waals surface area contributed by atoms with Gasteiger partial charge < -0.3 is 5.11 Å². The first kappa shape index (κ1) is 10.7. The van der Waals surface area contributed by atoms with Gasteiger partial charge in [0.2, 0.25) is 0 Å². The molecule has 0 aromatic heterocycles. The third-order valence-corrected chi connectivity index (χ3v) is 3.62. The van der Waals surface area contributed by atoms with Crippen molar-refractivity contribution < 1.29 is 5.11 Å². The smallest absolute Gasteiger partial charge is 0.0681 e. The topological polar surface area (TPSA) is 20.2 Å². The van der Waals surface area contributed by atoms with Gasteiger partial charge in [-0.25, -0.2) is 0 Å². The van der Waals surface area contributed by atoms with E-state index in [0.29, 0.717) is 0 Å². The zero-order chi connectivity index (χ0) is 10.7. The van der Waals surface area contributed by atoms with Crippen LogP contribution < -0.4 is 0 Å². The average molecular weight is 204 g/mol. The monoisotopic (exact) mass is 204 g/mol. The first-order valence-electron chi connectivity index (χ1n) is 5.99. The molecule has 1 saturated carbocycles. The van der Waals surface area contributed by atoms with Crippen molar-refractivity contribution in [3.63, 3.8) is 0 Å². The summed E-state index contributed by atoms with van der Waals surface area (Å²) >= 11 is 0. The van der Waals surface area contributed by atoms with E-state index in [9.17, 15) is 0 Å². The number of benzene rings is 1. The SMILES string of the molecule is CC1CCC(c2cccc(CO)c2)CC1. The lowest BCUT2D eigenvalue weighted by Crippen LogP contribution is -2.10. The summed E-state index contributed by atoms with van der Waals surface area (Å²) < 4.78 is 0. The van der Waals surface area contributed by atoms with Crippen molar-refractivity contribution in [2.45, 2.75) is 45.1 Å². The standard InChI is InChI=1S/C14H20O/c1-11-5-7-13(8-6-11)14-4-2-3-12(9-14)10-15/h2-4,9,11,13,15H,5-8,10H2,1H3. The normalized spacial score (nSPS) is 26.5. The summed E-state index contributed by atoms with van der Waals surface area (Å²) in [6, 6.07) is 8.44. The lowest BCUT2D eigenvalue weighted by atomic mass is 9.79. The largest absolute Gasteiger partial charge is 0.392 e. The minimum atomic E-state index is 0.164. The highest BCUT2D eigenvalue weighted by Gasteiger charge is 2.19. The molecule has 0 atom stereocenters. The summed E-state index contributed by atoms with van der Waals surface area (Å²) in [6.07, 6.45) is 5.34. The molecule has 0 unspecified atom stereocenters. The summed E-state index contributed by atoms with van der Waals surface area (Å²) in [5, 5.41) is 9.10. The molecule has 0 amide bonds. The van der Waals surface area contributed by atoms with Gasteiger partial charge in [-0.2, -0.15) is 0 Å². The Hall–Kier alpha value is -0.820. The van der Waals surface area contributed by atoms with E-state index in [1.807, 2.05) is 6.07 Å². The van der Waals surface area contributed by atoms with Crippen LogP contribution in [0.25, 0.3) is 0 Å². The van der Waals surface area contributed by atoms with Crippen LogP contribution >= 0.6 is 0 Å². The fraction of sp³-hybridized carbons (Fsp3) is 0.571. The van der Waals surface area contributed by atoms with E-state index in [4.69, 9.17) is 5.11 Å². The molecule has 0 saturated heterocycles. The van der Waals surface area contributed by atoms with Crippen LogP contribution in [-0.4, -0.2) is 5.11 Å². The molecule has 1 aromatic rings. The molecule has 1 aromatic carbocycles. The highest BCUT2D eigenvalue weighted by Crippen LogP contribution is 2.35. The van der Waals surface area contributed by atoms with Gasteiger partial charge in [0.25, 0.3) is 0 Å². The molecule has 1 aliphatic carbocycles. The minimum absolute atomic E-state index is 0.164. The maximum Gasteiger partial charge on any atom is 0.0681 e. The zero-order valence-corrected chi connectivity index (χ0v) is 9.45. The minimum Gasteiger partial charge on any atom is -0.392 e. The first-order chi connectivity index (χ1) is 7.29. The van der Waals surface area contributed by atoms with Crippen molar-refractivity contribution >= 4 is 0 Å². The molecule has 1 N–H and O–H groups in total. The van der Waals surface area contributed by atoms with Crippen LogP contribution in [0.3, 0.4) is 0 Å². The average Bonchev–Trinajstić information content (AvgIpc) is 2.30. The third-order valence-electron chi connectivity index (χ3n) is 3.62. The molecule has 0 heterocycles. The van der Waals surface area contributed by atoms with Crippen LogP contribution in [0.15, 0.2) is 24.3 Å². The fourth-order valence-corrected chi connectivity index (χ4v) is 2.54.